The molecule has 0 aliphatic heterocycles. The van der Waals surface area contributed by atoms with Crippen LogP contribution in [0.15, 0.2) is 27.4 Å². The Hall–Kier alpha value is -2.05. The molecular weight excluding hydrogens is 251 g/mol. The van der Waals surface area contributed by atoms with Crippen LogP contribution in [-0.4, -0.2) is 16.9 Å². The van der Waals surface area contributed by atoms with Crippen molar-refractivity contribution in [3.63, 3.8) is 0 Å². The first-order chi connectivity index (χ1) is 8.35. The third-order valence-electron chi connectivity index (χ3n) is 2.38. The summed E-state index contributed by atoms with van der Waals surface area (Å²) in [4.78, 5) is 24.8. The predicted molar refractivity (Wildman–Crippen MR) is 56.5 cm³/mol. The van der Waals surface area contributed by atoms with Gasteiger partial charge >= 0.3 is 11.9 Å². The summed E-state index contributed by atoms with van der Waals surface area (Å²) in [6.45, 7) is 0. The molecule has 0 fully saturated rings. The lowest BCUT2D eigenvalue weighted by Crippen LogP contribution is -2.10. The number of aromatic nitrogens is 1. The Bertz CT molecular complexity index is 639. The fraction of sp³-hybridized carbons (Fsp3) is 0.273. The van der Waals surface area contributed by atoms with Gasteiger partial charge in [0.15, 0.2) is 11.4 Å². The third-order valence-corrected chi connectivity index (χ3v) is 2.38. The Morgan fingerprint density at radius 2 is 2.06 bits per heavy atom. The number of ketones is 1. The molecule has 96 valence electrons. The minimum atomic E-state index is -4.36. The molecule has 2 rings (SSSR count). The number of oxazole rings is 1. The van der Waals surface area contributed by atoms with Crippen molar-refractivity contribution >= 4 is 16.9 Å². The molecule has 0 saturated heterocycles. The molecule has 0 atom stereocenters. The van der Waals surface area contributed by atoms with Crippen molar-refractivity contribution in [3.8, 4) is 0 Å². The number of alkyl halides is 3. The van der Waals surface area contributed by atoms with Gasteiger partial charge in [-0.15, -0.1) is 0 Å². The lowest BCUT2D eigenvalue weighted by Gasteiger charge is -2.05. The quantitative estimate of drug-likeness (QED) is 0.862. The molecule has 7 heteroatoms. The fourth-order valence-electron chi connectivity index (χ4n) is 1.52. The summed E-state index contributed by atoms with van der Waals surface area (Å²) in [7, 11) is 0. The molecule has 0 unspecified atom stereocenters. The van der Waals surface area contributed by atoms with Gasteiger partial charge < -0.3 is 4.42 Å². The van der Waals surface area contributed by atoms with Crippen molar-refractivity contribution in [2.75, 3.05) is 0 Å². The summed E-state index contributed by atoms with van der Waals surface area (Å²) in [6.07, 6.45) is -6.15. The van der Waals surface area contributed by atoms with Gasteiger partial charge in [0.2, 0.25) is 0 Å². The van der Waals surface area contributed by atoms with Gasteiger partial charge in [-0.25, -0.2) is 4.79 Å². The number of rotatable bonds is 3. The van der Waals surface area contributed by atoms with Crippen molar-refractivity contribution < 1.29 is 22.4 Å². The zero-order valence-electron chi connectivity index (χ0n) is 9.00. The zero-order chi connectivity index (χ0) is 13.3. The van der Waals surface area contributed by atoms with E-state index in [0.717, 1.165) is 0 Å². The van der Waals surface area contributed by atoms with Crippen molar-refractivity contribution in [2.45, 2.75) is 19.0 Å². The standard InChI is InChI=1S/C11H8F3NO3/c12-11(13,14)4-3-8(16)6-1-2-7-9(5-6)18-10(17)15-7/h1-2,5H,3-4H2,(H,15,17). The topological polar surface area (TPSA) is 63.1 Å². The van der Waals surface area contributed by atoms with Gasteiger partial charge in [-0.05, 0) is 18.2 Å². The molecule has 0 aliphatic carbocycles. The number of fused-ring (bicyclic) bond motifs is 1. The molecule has 2 aromatic rings. The van der Waals surface area contributed by atoms with Crippen LogP contribution in [-0.2, 0) is 0 Å². The number of carbonyl (C=O) groups is 1. The minimum Gasteiger partial charge on any atom is -0.408 e. The van der Waals surface area contributed by atoms with Gasteiger partial charge in [-0.3, -0.25) is 9.78 Å². The van der Waals surface area contributed by atoms with Gasteiger partial charge in [0.1, 0.15) is 0 Å². The Morgan fingerprint density at radius 1 is 1.33 bits per heavy atom. The molecule has 1 aromatic heterocycles. The summed E-state index contributed by atoms with van der Waals surface area (Å²) in [5.74, 6) is -1.32. The van der Waals surface area contributed by atoms with Crippen molar-refractivity contribution in [2.24, 2.45) is 0 Å². The number of H-pyrrole nitrogens is 1. The van der Waals surface area contributed by atoms with Crippen LogP contribution in [0.5, 0.6) is 0 Å². The van der Waals surface area contributed by atoms with Gasteiger partial charge in [-0.1, -0.05) is 0 Å². The smallest absolute Gasteiger partial charge is 0.408 e. The molecule has 0 saturated carbocycles. The fourth-order valence-corrected chi connectivity index (χ4v) is 1.52. The van der Waals surface area contributed by atoms with E-state index in [9.17, 15) is 22.8 Å². The monoisotopic (exact) mass is 259 g/mol. The highest BCUT2D eigenvalue weighted by Gasteiger charge is 2.28. The van der Waals surface area contributed by atoms with Crippen LogP contribution in [0.1, 0.15) is 23.2 Å². The number of aromatic amines is 1. The molecule has 4 nitrogen and oxygen atoms in total. The average molecular weight is 259 g/mol. The van der Waals surface area contributed by atoms with Crippen molar-refractivity contribution in [1.29, 1.82) is 0 Å². The SMILES string of the molecule is O=C(CCC(F)(F)F)c1ccc2[nH]c(=O)oc2c1. The van der Waals surface area contributed by atoms with E-state index < -0.39 is 30.6 Å². The van der Waals surface area contributed by atoms with Crippen LogP contribution in [0.25, 0.3) is 11.1 Å². The second kappa shape index (κ2) is 4.32. The molecule has 0 radical (unpaired) electrons. The van der Waals surface area contributed by atoms with Gasteiger partial charge in [-0.2, -0.15) is 13.2 Å². The maximum absolute atomic E-state index is 12.0. The number of hydrogen-bond donors (Lipinski definition) is 1. The number of carbonyl (C=O) groups excluding carboxylic acids is 1. The maximum Gasteiger partial charge on any atom is 0.417 e. The van der Waals surface area contributed by atoms with Gasteiger partial charge in [0.05, 0.1) is 11.9 Å². The molecule has 0 aliphatic rings. The summed E-state index contributed by atoms with van der Waals surface area (Å²) in [5.41, 5.74) is 0.639. The van der Waals surface area contributed by atoms with E-state index >= 15 is 0 Å². The van der Waals surface area contributed by atoms with Crippen LogP contribution < -0.4 is 5.76 Å². The molecule has 0 bridgehead atoms. The molecule has 1 N–H and O–H groups in total. The number of hydrogen-bond acceptors (Lipinski definition) is 3. The molecule has 0 spiro atoms. The Kier molecular flexibility index (Phi) is 2.98. The van der Waals surface area contributed by atoms with E-state index in [-0.39, 0.29) is 11.1 Å². The lowest BCUT2D eigenvalue weighted by molar-refractivity contribution is -0.133. The summed E-state index contributed by atoms with van der Waals surface area (Å²) in [5, 5.41) is 0. The van der Waals surface area contributed by atoms with Gasteiger partial charge in [0.25, 0.3) is 0 Å². The number of nitrogens with one attached hydrogen (secondary N) is 1. The molecule has 0 amide bonds. The second-order valence-corrected chi connectivity index (χ2v) is 3.76. The first-order valence-electron chi connectivity index (χ1n) is 5.08. The highest BCUT2D eigenvalue weighted by Crippen LogP contribution is 2.23. The van der Waals surface area contributed by atoms with Crippen LogP contribution in [0.3, 0.4) is 0 Å². The van der Waals surface area contributed by atoms with E-state index in [0.29, 0.717) is 5.52 Å². The van der Waals surface area contributed by atoms with E-state index in [4.69, 9.17) is 4.42 Å². The first kappa shape index (κ1) is 12.4. The maximum atomic E-state index is 12.0. The van der Waals surface area contributed by atoms with Crippen LogP contribution in [0.4, 0.5) is 13.2 Å². The predicted octanol–water partition coefficient (Wildman–Crippen LogP) is 2.65. The molecular formula is C11H8F3NO3. The minimum absolute atomic E-state index is 0.0921. The van der Waals surface area contributed by atoms with E-state index in [1.54, 1.807) is 0 Å². The Balaban J connectivity index is 2.20. The Morgan fingerprint density at radius 3 is 2.72 bits per heavy atom. The number of benzene rings is 1. The molecule has 18 heavy (non-hydrogen) atoms. The highest BCUT2D eigenvalue weighted by molar-refractivity contribution is 5.98. The van der Waals surface area contributed by atoms with Gasteiger partial charge in [0, 0.05) is 12.0 Å². The normalized spacial score (nSPS) is 11.9. The lowest BCUT2D eigenvalue weighted by atomic mass is 10.1. The highest BCUT2D eigenvalue weighted by atomic mass is 19.4. The average Bonchev–Trinajstić information content (AvgIpc) is 2.63. The van der Waals surface area contributed by atoms with E-state index in [1.165, 1.54) is 18.2 Å². The van der Waals surface area contributed by atoms with Crippen LogP contribution >= 0.6 is 0 Å². The summed E-state index contributed by atoms with van der Waals surface area (Å²) in [6, 6.07) is 4.03. The van der Waals surface area contributed by atoms with Crippen molar-refractivity contribution in [3.05, 3.63) is 34.3 Å². The summed E-state index contributed by atoms with van der Waals surface area (Å²) >= 11 is 0. The van der Waals surface area contributed by atoms with E-state index in [1.807, 2.05) is 0 Å². The number of Topliss-reactive ketones (excluding diaryl/α,β-unsaturated/α-hetero) is 1. The third kappa shape index (κ3) is 2.79. The number of halogens is 3. The van der Waals surface area contributed by atoms with Crippen LogP contribution in [0, 0.1) is 0 Å². The molecule has 1 heterocycles. The first-order valence-corrected chi connectivity index (χ1v) is 5.08. The second-order valence-electron chi connectivity index (χ2n) is 3.76. The zero-order valence-corrected chi connectivity index (χ0v) is 9.00. The molecule has 1 aromatic carbocycles. The Labute approximate surface area is 98.4 Å². The largest absolute Gasteiger partial charge is 0.417 e. The van der Waals surface area contributed by atoms with Crippen LogP contribution in [0.2, 0.25) is 0 Å². The van der Waals surface area contributed by atoms with E-state index in [2.05, 4.69) is 4.98 Å². The summed E-state index contributed by atoms with van der Waals surface area (Å²) < 4.78 is 40.6. The van der Waals surface area contributed by atoms with Crippen molar-refractivity contribution in [1.82, 2.24) is 4.98 Å².